The Balaban J connectivity index is 1.99. The molecule has 0 saturated heterocycles. The number of rotatable bonds is 4. The van der Waals surface area contributed by atoms with Crippen LogP contribution in [0.4, 0.5) is 4.39 Å². The van der Waals surface area contributed by atoms with Crippen molar-refractivity contribution in [1.29, 1.82) is 0 Å². The molecule has 0 aliphatic rings. The molecule has 0 aliphatic carbocycles. The van der Waals surface area contributed by atoms with Gasteiger partial charge in [0.15, 0.2) is 5.78 Å². The van der Waals surface area contributed by atoms with Crippen LogP contribution in [0.25, 0.3) is 5.52 Å². The van der Waals surface area contributed by atoms with Gasteiger partial charge in [0.2, 0.25) is 0 Å². The Morgan fingerprint density at radius 1 is 1.13 bits per heavy atom. The fraction of sp³-hybridized carbons (Fsp3) is 0.111. The molecule has 4 nitrogen and oxygen atoms in total. The monoisotopic (exact) mass is 311 g/mol. The maximum Gasteiger partial charge on any atom is 0.338 e. The van der Waals surface area contributed by atoms with Crippen LogP contribution in [0.15, 0.2) is 54.9 Å². The molecule has 3 rings (SSSR count). The van der Waals surface area contributed by atoms with E-state index in [0.717, 1.165) is 0 Å². The molecule has 0 bridgehead atoms. The molecule has 2 heterocycles. The summed E-state index contributed by atoms with van der Waals surface area (Å²) in [5.41, 5.74) is 1.45. The van der Waals surface area contributed by atoms with Gasteiger partial charge in [-0.15, -0.1) is 0 Å². The van der Waals surface area contributed by atoms with Gasteiger partial charge in [-0.25, -0.2) is 9.18 Å². The van der Waals surface area contributed by atoms with Gasteiger partial charge in [0.25, 0.3) is 0 Å². The quantitative estimate of drug-likeness (QED) is 0.547. The summed E-state index contributed by atoms with van der Waals surface area (Å²) in [6, 6.07) is 10.7. The number of halogens is 1. The van der Waals surface area contributed by atoms with Gasteiger partial charge in [0.05, 0.1) is 17.7 Å². The lowest BCUT2D eigenvalue weighted by molar-refractivity contribution is 0.0526. The van der Waals surface area contributed by atoms with Crippen LogP contribution in [-0.4, -0.2) is 22.8 Å². The van der Waals surface area contributed by atoms with E-state index in [2.05, 4.69) is 0 Å². The summed E-state index contributed by atoms with van der Waals surface area (Å²) in [6.07, 6.45) is 3.28. The smallest absolute Gasteiger partial charge is 0.338 e. The molecule has 3 aromatic rings. The Bertz CT molecular complexity index is 898. The Hall–Kier alpha value is -2.95. The van der Waals surface area contributed by atoms with Gasteiger partial charge in [-0.2, -0.15) is 0 Å². The fourth-order valence-corrected chi connectivity index (χ4v) is 2.38. The highest BCUT2D eigenvalue weighted by Gasteiger charge is 2.16. The Morgan fingerprint density at radius 3 is 2.61 bits per heavy atom. The number of pyridine rings is 1. The average molecular weight is 311 g/mol. The van der Waals surface area contributed by atoms with Crippen molar-refractivity contribution in [2.24, 2.45) is 0 Å². The number of benzene rings is 1. The van der Waals surface area contributed by atoms with Crippen LogP contribution in [0.1, 0.15) is 33.2 Å². The highest BCUT2D eigenvalue weighted by atomic mass is 19.1. The molecule has 0 amide bonds. The summed E-state index contributed by atoms with van der Waals surface area (Å²) in [5.74, 6) is -1.37. The highest BCUT2D eigenvalue weighted by molar-refractivity contribution is 6.10. The molecule has 0 N–H and O–H groups in total. The topological polar surface area (TPSA) is 47.8 Å². The van der Waals surface area contributed by atoms with Gasteiger partial charge in [-0.1, -0.05) is 12.1 Å². The molecule has 116 valence electrons. The van der Waals surface area contributed by atoms with E-state index in [-0.39, 0.29) is 5.56 Å². The van der Waals surface area contributed by atoms with E-state index in [9.17, 15) is 14.0 Å². The lowest BCUT2D eigenvalue weighted by Gasteiger charge is -2.02. The zero-order chi connectivity index (χ0) is 16.4. The van der Waals surface area contributed by atoms with E-state index in [1.165, 1.54) is 18.2 Å². The fourth-order valence-electron chi connectivity index (χ4n) is 2.38. The van der Waals surface area contributed by atoms with E-state index in [0.29, 0.717) is 23.3 Å². The predicted molar refractivity (Wildman–Crippen MR) is 83.2 cm³/mol. The van der Waals surface area contributed by atoms with Gasteiger partial charge < -0.3 is 9.14 Å². The van der Waals surface area contributed by atoms with Gasteiger partial charge in [0, 0.05) is 23.5 Å². The second-order valence-electron chi connectivity index (χ2n) is 5.01. The van der Waals surface area contributed by atoms with E-state index < -0.39 is 17.6 Å². The Labute approximate surface area is 132 Å². The molecule has 0 atom stereocenters. The second kappa shape index (κ2) is 6.04. The van der Waals surface area contributed by atoms with Crippen LogP contribution < -0.4 is 0 Å². The Kier molecular flexibility index (Phi) is 3.93. The standard InChI is InChI=1S/C18H14FNO3/c1-2-23-18(22)12-7-8-20-11-13(10-14(20)9-12)17(21)15-5-3-4-6-16(15)19/h3-11H,2H2,1H3. The number of carbonyl (C=O) groups is 2. The van der Waals surface area contributed by atoms with Crippen LogP contribution in [0.5, 0.6) is 0 Å². The van der Waals surface area contributed by atoms with Gasteiger partial charge in [-0.3, -0.25) is 4.79 Å². The molecule has 0 unspecified atom stereocenters. The lowest BCUT2D eigenvalue weighted by atomic mass is 10.1. The summed E-state index contributed by atoms with van der Waals surface area (Å²) in [5, 5.41) is 0. The molecule has 0 fully saturated rings. The van der Waals surface area contributed by atoms with Crippen molar-refractivity contribution in [3.8, 4) is 0 Å². The summed E-state index contributed by atoms with van der Waals surface area (Å²) in [7, 11) is 0. The van der Waals surface area contributed by atoms with Crippen molar-refractivity contribution in [3.05, 3.63) is 77.4 Å². The minimum absolute atomic E-state index is 0.0222. The van der Waals surface area contributed by atoms with Crippen LogP contribution in [0.3, 0.4) is 0 Å². The third-order valence-corrected chi connectivity index (χ3v) is 3.49. The molecule has 23 heavy (non-hydrogen) atoms. The normalized spacial score (nSPS) is 10.7. The number of carbonyl (C=O) groups excluding carboxylic acids is 2. The van der Waals surface area contributed by atoms with Crippen LogP contribution >= 0.6 is 0 Å². The van der Waals surface area contributed by atoms with Crippen molar-refractivity contribution in [2.45, 2.75) is 6.92 Å². The maximum atomic E-state index is 13.7. The van der Waals surface area contributed by atoms with Gasteiger partial charge in [-0.05, 0) is 37.3 Å². The first-order chi connectivity index (χ1) is 11.1. The molecule has 0 aliphatic heterocycles. The number of hydrogen-bond acceptors (Lipinski definition) is 3. The van der Waals surface area contributed by atoms with Crippen LogP contribution in [0.2, 0.25) is 0 Å². The number of fused-ring (bicyclic) bond motifs is 1. The van der Waals surface area contributed by atoms with E-state index in [1.807, 2.05) is 0 Å². The second-order valence-corrected chi connectivity index (χ2v) is 5.01. The number of hydrogen-bond donors (Lipinski definition) is 0. The largest absolute Gasteiger partial charge is 0.462 e. The zero-order valence-corrected chi connectivity index (χ0v) is 12.5. The number of ketones is 1. The summed E-state index contributed by atoms with van der Waals surface area (Å²) >= 11 is 0. The first kappa shape index (κ1) is 15.0. The minimum atomic E-state index is -0.556. The van der Waals surface area contributed by atoms with E-state index >= 15 is 0 Å². The number of ether oxygens (including phenoxy) is 1. The summed E-state index contributed by atoms with van der Waals surface area (Å²) in [4.78, 5) is 24.2. The van der Waals surface area contributed by atoms with E-state index in [4.69, 9.17) is 4.74 Å². The number of esters is 1. The van der Waals surface area contributed by atoms with Crippen LogP contribution in [-0.2, 0) is 4.74 Å². The first-order valence-electron chi connectivity index (χ1n) is 7.18. The molecule has 0 saturated carbocycles. The van der Waals surface area contributed by atoms with Crippen molar-refractivity contribution in [2.75, 3.05) is 6.61 Å². The van der Waals surface area contributed by atoms with Gasteiger partial charge >= 0.3 is 5.97 Å². The van der Waals surface area contributed by atoms with Crippen molar-refractivity contribution in [1.82, 2.24) is 4.40 Å². The number of aromatic nitrogens is 1. The average Bonchev–Trinajstić information content (AvgIpc) is 2.98. The zero-order valence-electron chi connectivity index (χ0n) is 12.5. The van der Waals surface area contributed by atoms with Crippen molar-refractivity contribution >= 4 is 17.3 Å². The van der Waals surface area contributed by atoms with Crippen LogP contribution in [0, 0.1) is 5.82 Å². The summed E-state index contributed by atoms with van der Waals surface area (Å²) < 4.78 is 20.4. The third kappa shape index (κ3) is 2.85. The Morgan fingerprint density at radius 2 is 1.87 bits per heavy atom. The number of nitrogens with zero attached hydrogens (tertiary/aromatic N) is 1. The SMILES string of the molecule is CCOC(=O)c1ccn2cc(C(=O)c3ccccc3F)cc2c1. The molecule has 2 aromatic heterocycles. The van der Waals surface area contributed by atoms with Crippen molar-refractivity contribution in [3.63, 3.8) is 0 Å². The minimum Gasteiger partial charge on any atom is -0.462 e. The first-order valence-corrected chi connectivity index (χ1v) is 7.18. The molecule has 0 spiro atoms. The maximum absolute atomic E-state index is 13.7. The summed E-state index contributed by atoms with van der Waals surface area (Å²) in [6.45, 7) is 2.03. The predicted octanol–water partition coefficient (Wildman–Crippen LogP) is 3.49. The molecular weight excluding hydrogens is 297 g/mol. The molecule has 5 heteroatoms. The third-order valence-electron chi connectivity index (χ3n) is 3.49. The highest BCUT2D eigenvalue weighted by Crippen LogP contribution is 2.18. The lowest BCUT2D eigenvalue weighted by Crippen LogP contribution is -2.04. The van der Waals surface area contributed by atoms with E-state index in [1.54, 1.807) is 48.0 Å². The molecular formula is C18H14FNO3. The molecule has 0 radical (unpaired) electrons. The van der Waals surface area contributed by atoms with Crippen molar-refractivity contribution < 1.29 is 18.7 Å². The van der Waals surface area contributed by atoms with Gasteiger partial charge in [0.1, 0.15) is 5.82 Å². The molecule has 1 aromatic carbocycles.